The summed E-state index contributed by atoms with van der Waals surface area (Å²) >= 11 is 0. The summed E-state index contributed by atoms with van der Waals surface area (Å²) < 4.78 is 5.52. The number of methoxy groups -OCH3 is 1. The Bertz CT molecular complexity index is 1160. The van der Waals surface area contributed by atoms with Crippen LogP contribution in [0.15, 0.2) is 66.7 Å². The van der Waals surface area contributed by atoms with Crippen LogP contribution in [0.3, 0.4) is 0 Å². The molecular weight excluding hydrogens is 458 g/mol. The molecule has 1 amide bonds. The predicted octanol–water partition coefficient (Wildman–Crippen LogP) is 5.02. The van der Waals surface area contributed by atoms with Gasteiger partial charge >= 0.3 is 0 Å². The van der Waals surface area contributed by atoms with E-state index in [1.165, 1.54) is 27.9 Å². The maximum atomic E-state index is 12.7. The number of hydrogen-bond acceptors (Lipinski definition) is 4. The van der Waals surface area contributed by atoms with Crippen LogP contribution in [-0.2, 0) is 6.42 Å². The molecule has 1 fully saturated rings. The number of nitrogens with one attached hydrogen (secondary N) is 1. The SMILES string of the molecule is COc1ccccc1N1CCN(CCCCNC(=O)c2ccc3c(c2)Cc2ccccc2-3)CC1.Cl. The number of fused-ring (bicyclic) bond motifs is 3. The van der Waals surface area contributed by atoms with Gasteiger partial charge < -0.3 is 15.0 Å². The monoisotopic (exact) mass is 491 g/mol. The van der Waals surface area contributed by atoms with Gasteiger partial charge in [0.15, 0.2) is 0 Å². The van der Waals surface area contributed by atoms with Gasteiger partial charge in [-0.15, -0.1) is 12.4 Å². The van der Waals surface area contributed by atoms with Crippen LogP contribution in [0.1, 0.15) is 34.3 Å². The number of carbonyl (C=O) groups is 1. The summed E-state index contributed by atoms with van der Waals surface area (Å²) in [5.74, 6) is 0.976. The summed E-state index contributed by atoms with van der Waals surface area (Å²) in [5.41, 5.74) is 7.10. The van der Waals surface area contributed by atoms with E-state index in [1.807, 2.05) is 18.2 Å². The van der Waals surface area contributed by atoms with Gasteiger partial charge in [0.1, 0.15) is 5.75 Å². The molecule has 6 heteroatoms. The summed E-state index contributed by atoms with van der Waals surface area (Å²) in [4.78, 5) is 17.6. The van der Waals surface area contributed by atoms with E-state index in [0.29, 0.717) is 0 Å². The Morgan fingerprint density at radius 2 is 1.63 bits per heavy atom. The van der Waals surface area contributed by atoms with E-state index >= 15 is 0 Å². The van der Waals surface area contributed by atoms with Crippen LogP contribution in [0.2, 0.25) is 0 Å². The molecule has 5 nitrogen and oxygen atoms in total. The molecule has 3 aromatic rings. The second-order valence-corrected chi connectivity index (χ2v) is 9.17. The molecule has 1 N–H and O–H groups in total. The average Bonchev–Trinajstić information content (AvgIpc) is 3.26. The lowest BCUT2D eigenvalue weighted by Gasteiger charge is -2.36. The number of nitrogens with zero attached hydrogens (tertiary/aromatic N) is 2. The molecule has 5 rings (SSSR count). The smallest absolute Gasteiger partial charge is 0.251 e. The predicted molar refractivity (Wildman–Crippen MR) is 145 cm³/mol. The van der Waals surface area contributed by atoms with Crippen molar-refractivity contribution in [1.82, 2.24) is 10.2 Å². The van der Waals surface area contributed by atoms with Crippen LogP contribution >= 0.6 is 12.4 Å². The van der Waals surface area contributed by atoms with Gasteiger partial charge in [0, 0.05) is 38.3 Å². The zero-order valence-corrected chi connectivity index (χ0v) is 21.2. The first-order valence-corrected chi connectivity index (χ1v) is 12.3. The number of hydrogen-bond donors (Lipinski definition) is 1. The highest BCUT2D eigenvalue weighted by molar-refractivity contribution is 5.95. The first kappa shape index (κ1) is 25.1. The van der Waals surface area contributed by atoms with Gasteiger partial charge in [-0.25, -0.2) is 0 Å². The molecule has 184 valence electrons. The molecule has 1 aliphatic heterocycles. The first-order chi connectivity index (χ1) is 16.7. The number of amides is 1. The third-order valence-electron chi connectivity index (χ3n) is 7.04. The standard InChI is InChI=1S/C29H33N3O2.ClH/c1-34-28-11-5-4-10-27(28)32-18-16-31(17-19-32)15-7-6-14-30-29(33)23-12-13-26-24(21-23)20-22-8-2-3-9-25(22)26;/h2-5,8-13,21H,6-7,14-20H2,1H3,(H,30,33);1H. The first-order valence-electron chi connectivity index (χ1n) is 12.3. The fourth-order valence-corrected chi connectivity index (χ4v) is 5.15. The molecular formula is C29H34ClN3O2. The van der Waals surface area contributed by atoms with Gasteiger partial charge in [-0.1, -0.05) is 42.5 Å². The Kier molecular flexibility index (Phi) is 8.32. The van der Waals surface area contributed by atoms with E-state index in [1.54, 1.807) is 7.11 Å². The molecule has 35 heavy (non-hydrogen) atoms. The van der Waals surface area contributed by atoms with Gasteiger partial charge in [0.2, 0.25) is 0 Å². The van der Waals surface area contributed by atoms with Crippen molar-refractivity contribution in [3.8, 4) is 16.9 Å². The van der Waals surface area contributed by atoms with Gasteiger partial charge in [-0.2, -0.15) is 0 Å². The van der Waals surface area contributed by atoms with E-state index in [4.69, 9.17) is 4.74 Å². The molecule has 0 spiro atoms. The number of halogens is 1. The third-order valence-corrected chi connectivity index (χ3v) is 7.04. The second-order valence-electron chi connectivity index (χ2n) is 9.17. The highest BCUT2D eigenvalue weighted by Crippen LogP contribution is 2.36. The molecule has 1 saturated heterocycles. The lowest BCUT2D eigenvalue weighted by atomic mass is 10.0. The Morgan fingerprint density at radius 3 is 2.46 bits per heavy atom. The highest BCUT2D eigenvalue weighted by Gasteiger charge is 2.20. The minimum absolute atomic E-state index is 0. The number of carbonyl (C=O) groups excluding carboxylic acids is 1. The summed E-state index contributed by atoms with van der Waals surface area (Å²) in [7, 11) is 1.73. The van der Waals surface area contributed by atoms with E-state index in [0.717, 1.165) is 69.8 Å². The lowest BCUT2D eigenvalue weighted by Crippen LogP contribution is -2.46. The molecule has 1 aliphatic carbocycles. The number of anilines is 1. The zero-order chi connectivity index (χ0) is 23.3. The Balaban J connectivity index is 0.00000289. The van der Waals surface area contributed by atoms with Crippen molar-refractivity contribution >= 4 is 24.0 Å². The van der Waals surface area contributed by atoms with E-state index in [-0.39, 0.29) is 18.3 Å². The fourth-order valence-electron chi connectivity index (χ4n) is 5.15. The largest absolute Gasteiger partial charge is 0.495 e. The number of unbranched alkanes of at least 4 members (excludes halogenated alkanes) is 1. The van der Waals surface area contributed by atoms with Gasteiger partial charge in [0.05, 0.1) is 12.8 Å². The quantitative estimate of drug-likeness (QED) is 0.351. The number of benzene rings is 3. The fraction of sp³-hybridized carbons (Fsp3) is 0.345. The molecule has 0 aromatic heterocycles. The van der Waals surface area contributed by atoms with Crippen LogP contribution in [0.4, 0.5) is 5.69 Å². The van der Waals surface area contributed by atoms with Gasteiger partial charge in [0.25, 0.3) is 5.91 Å². The highest BCUT2D eigenvalue weighted by atomic mass is 35.5. The lowest BCUT2D eigenvalue weighted by molar-refractivity contribution is 0.0952. The van der Waals surface area contributed by atoms with Crippen LogP contribution < -0.4 is 15.0 Å². The van der Waals surface area contributed by atoms with Gasteiger partial charge in [-0.3, -0.25) is 9.69 Å². The molecule has 0 unspecified atom stereocenters. The molecule has 0 bridgehead atoms. The van der Waals surface area contributed by atoms with E-state index < -0.39 is 0 Å². The Labute approximate surface area is 214 Å². The zero-order valence-electron chi connectivity index (χ0n) is 20.3. The Morgan fingerprint density at radius 1 is 0.886 bits per heavy atom. The van der Waals surface area contributed by atoms with Crippen LogP contribution in [0.5, 0.6) is 5.75 Å². The summed E-state index contributed by atoms with van der Waals surface area (Å²) in [6, 6.07) is 22.9. The molecule has 3 aromatic carbocycles. The molecule has 1 heterocycles. The van der Waals surface area contributed by atoms with Crippen molar-refractivity contribution in [2.75, 3.05) is 51.3 Å². The van der Waals surface area contributed by atoms with Crippen LogP contribution in [0, 0.1) is 0 Å². The second kappa shape index (κ2) is 11.6. The van der Waals surface area contributed by atoms with Crippen molar-refractivity contribution in [3.05, 3.63) is 83.4 Å². The average molecular weight is 492 g/mol. The van der Waals surface area contributed by atoms with Crippen LogP contribution in [0.25, 0.3) is 11.1 Å². The molecule has 0 radical (unpaired) electrons. The van der Waals surface area contributed by atoms with E-state index in [2.05, 4.69) is 63.6 Å². The topological polar surface area (TPSA) is 44.8 Å². The maximum Gasteiger partial charge on any atom is 0.251 e. The minimum atomic E-state index is 0. The number of para-hydroxylation sites is 2. The summed E-state index contributed by atoms with van der Waals surface area (Å²) in [6.07, 6.45) is 3.00. The number of ether oxygens (including phenoxy) is 1. The van der Waals surface area contributed by atoms with Crippen molar-refractivity contribution < 1.29 is 9.53 Å². The van der Waals surface area contributed by atoms with Crippen molar-refractivity contribution in [1.29, 1.82) is 0 Å². The third kappa shape index (κ3) is 5.63. The Hall–Kier alpha value is -3.02. The molecule has 0 atom stereocenters. The van der Waals surface area contributed by atoms with Crippen molar-refractivity contribution in [2.24, 2.45) is 0 Å². The summed E-state index contributed by atoms with van der Waals surface area (Å²) in [6.45, 7) is 5.94. The number of piperazine rings is 1. The van der Waals surface area contributed by atoms with Gasteiger partial charge in [-0.05, 0) is 72.3 Å². The minimum Gasteiger partial charge on any atom is -0.495 e. The maximum absolute atomic E-state index is 12.7. The van der Waals surface area contributed by atoms with E-state index in [9.17, 15) is 4.79 Å². The van der Waals surface area contributed by atoms with Crippen molar-refractivity contribution in [2.45, 2.75) is 19.3 Å². The normalized spacial score (nSPS) is 14.6. The van der Waals surface area contributed by atoms with Crippen LogP contribution in [-0.4, -0.2) is 57.2 Å². The van der Waals surface area contributed by atoms with Crippen molar-refractivity contribution in [3.63, 3.8) is 0 Å². The molecule has 0 saturated carbocycles. The summed E-state index contributed by atoms with van der Waals surface area (Å²) in [5, 5.41) is 3.11. The molecule has 2 aliphatic rings. The number of rotatable bonds is 8.